The monoisotopic (exact) mass is 535 g/mol. The van der Waals surface area contributed by atoms with Crippen LogP contribution in [0.1, 0.15) is 23.9 Å². The van der Waals surface area contributed by atoms with Crippen molar-refractivity contribution in [2.45, 2.75) is 40.0 Å². The zero-order valence-electron chi connectivity index (χ0n) is 17.7. The molecule has 2 rings (SSSR count). The average Bonchev–Trinajstić information content (AvgIpc) is 2.95. The number of rotatable bonds is 9. The Balaban J connectivity index is 0.00000420. The fraction of sp³-hybridized carbons (Fsp3) is 0.500. The molecule has 0 radical (unpaired) electrons. The Morgan fingerprint density at radius 3 is 2.55 bits per heavy atom. The Hall–Kier alpha value is -1.52. The number of aliphatic imine (C=N–C) groups is 1. The first-order valence-corrected chi connectivity index (χ1v) is 9.71. The van der Waals surface area contributed by atoms with Gasteiger partial charge in [0.05, 0.1) is 25.4 Å². The molecular weight excluding hydrogens is 505 g/mol. The second-order valence-electron chi connectivity index (χ2n) is 6.55. The Morgan fingerprint density at radius 1 is 1.24 bits per heavy atom. The van der Waals surface area contributed by atoms with Crippen LogP contribution < -0.4 is 15.4 Å². The minimum atomic E-state index is -0.0278. The summed E-state index contributed by atoms with van der Waals surface area (Å²) in [6.07, 6.45) is -0.0278. The van der Waals surface area contributed by atoms with E-state index in [0.29, 0.717) is 24.7 Å². The molecule has 7 nitrogen and oxygen atoms in total. The second-order valence-corrected chi connectivity index (χ2v) is 6.99. The van der Waals surface area contributed by atoms with E-state index in [2.05, 4.69) is 27.6 Å². The molecule has 1 atom stereocenters. The van der Waals surface area contributed by atoms with Crippen molar-refractivity contribution in [3.05, 3.63) is 46.2 Å². The molecule has 0 spiro atoms. The highest BCUT2D eigenvalue weighted by Crippen LogP contribution is 2.16. The van der Waals surface area contributed by atoms with Gasteiger partial charge >= 0.3 is 0 Å². The van der Waals surface area contributed by atoms with Crippen LogP contribution in [-0.4, -0.2) is 49.2 Å². The summed E-state index contributed by atoms with van der Waals surface area (Å²) in [4.78, 5) is 4.28. The van der Waals surface area contributed by atoms with Crippen molar-refractivity contribution in [1.29, 1.82) is 0 Å². The molecule has 1 heterocycles. The number of nitrogens with zero attached hydrogens (tertiary/aromatic N) is 3. The number of aryl methyl sites for hydroxylation is 1. The molecule has 0 aliphatic carbocycles. The van der Waals surface area contributed by atoms with Crippen molar-refractivity contribution >= 4 is 41.5 Å². The quantitative estimate of drug-likeness (QED) is 0.292. The standard InChI is InChI=1S/C20H30ClN5O2.HI/c1-14(28-18-8-6-17(21)7-9-18)12-23-20(22-4)24-13-19-15(2)25-26(16(19)3)10-11-27-5;/h6-9,14H,10-13H2,1-5H3,(H2,22,23,24);1H. The van der Waals surface area contributed by atoms with Crippen molar-refractivity contribution in [3.63, 3.8) is 0 Å². The number of hydrogen-bond donors (Lipinski definition) is 2. The number of methoxy groups -OCH3 is 1. The molecule has 0 amide bonds. The number of hydrogen-bond acceptors (Lipinski definition) is 4. The fourth-order valence-corrected chi connectivity index (χ4v) is 2.93. The van der Waals surface area contributed by atoms with Crippen LogP contribution in [0.5, 0.6) is 5.75 Å². The summed E-state index contributed by atoms with van der Waals surface area (Å²) in [7, 11) is 3.45. The predicted octanol–water partition coefficient (Wildman–Crippen LogP) is 3.55. The van der Waals surface area contributed by atoms with E-state index in [-0.39, 0.29) is 30.1 Å². The maximum Gasteiger partial charge on any atom is 0.191 e. The van der Waals surface area contributed by atoms with Gasteiger partial charge in [-0.2, -0.15) is 5.10 Å². The summed E-state index contributed by atoms with van der Waals surface area (Å²) in [6, 6.07) is 7.35. The molecule has 0 aliphatic heterocycles. The number of ether oxygens (including phenoxy) is 2. The highest BCUT2D eigenvalue weighted by molar-refractivity contribution is 14.0. The zero-order chi connectivity index (χ0) is 20.5. The van der Waals surface area contributed by atoms with Crippen molar-refractivity contribution < 1.29 is 9.47 Å². The summed E-state index contributed by atoms with van der Waals surface area (Å²) in [5.41, 5.74) is 3.32. The summed E-state index contributed by atoms with van der Waals surface area (Å²) in [5.74, 6) is 1.51. The van der Waals surface area contributed by atoms with Crippen LogP contribution in [0.2, 0.25) is 5.02 Å². The first kappa shape index (κ1) is 25.5. The Labute approximate surface area is 195 Å². The largest absolute Gasteiger partial charge is 0.489 e. The number of aromatic nitrogens is 2. The molecule has 0 aliphatic rings. The first-order chi connectivity index (χ1) is 13.4. The molecule has 0 fully saturated rings. The lowest BCUT2D eigenvalue weighted by molar-refractivity contribution is 0.182. The third-order valence-electron chi connectivity index (χ3n) is 4.40. The molecule has 162 valence electrons. The molecule has 2 N–H and O–H groups in total. The Bertz CT molecular complexity index is 780. The molecule has 1 aromatic carbocycles. The molecule has 0 saturated carbocycles. The van der Waals surface area contributed by atoms with Gasteiger partial charge in [-0.05, 0) is 45.0 Å². The fourth-order valence-electron chi connectivity index (χ4n) is 2.81. The van der Waals surface area contributed by atoms with Gasteiger partial charge in [-0.15, -0.1) is 24.0 Å². The van der Waals surface area contributed by atoms with Gasteiger partial charge in [-0.1, -0.05) is 11.6 Å². The predicted molar refractivity (Wildman–Crippen MR) is 129 cm³/mol. The minimum Gasteiger partial charge on any atom is -0.489 e. The van der Waals surface area contributed by atoms with Gasteiger partial charge in [0, 0.05) is 37.0 Å². The van der Waals surface area contributed by atoms with Crippen LogP contribution in [0.15, 0.2) is 29.3 Å². The van der Waals surface area contributed by atoms with Crippen LogP contribution in [0.4, 0.5) is 0 Å². The van der Waals surface area contributed by atoms with Crippen molar-refractivity contribution in [2.24, 2.45) is 4.99 Å². The lowest BCUT2D eigenvalue weighted by atomic mass is 10.2. The highest BCUT2D eigenvalue weighted by Gasteiger charge is 2.12. The van der Waals surface area contributed by atoms with Gasteiger partial charge in [0.15, 0.2) is 5.96 Å². The van der Waals surface area contributed by atoms with Gasteiger partial charge in [-0.3, -0.25) is 9.67 Å². The van der Waals surface area contributed by atoms with Crippen LogP contribution >= 0.6 is 35.6 Å². The van der Waals surface area contributed by atoms with Crippen LogP contribution in [0, 0.1) is 13.8 Å². The zero-order valence-corrected chi connectivity index (χ0v) is 20.7. The van der Waals surface area contributed by atoms with E-state index in [1.54, 1.807) is 14.2 Å². The third-order valence-corrected chi connectivity index (χ3v) is 4.65. The Morgan fingerprint density at radius 2 is 1.93 bits per heavy atom. The van der Waals surface area contributed by atoms with Crippen LogP contribution in [-0.2, 0) is 17.8 Å². The van der Waals surface area contributed by atoms with Crippen molar-refractivity contribution in [3.8, 4) is 5.75 Å². The number of benzene rings is 1. The van der Waals surface area contributed by atoms with E-state index < -0.39 is 0 Å². The first-order valence-electron chi connectivity index (χ1n) is 9.33. The maximum absolute atomic E-state index is 5.90. The number of guanidine groups is 1. The lowest BCUT2D eigenvalue weighted by Gasteiger charge is -2.18. The van der Waals surface area contributed by atoms with Crippen molar-refractivity contribution in [1.82, 2.24) is 20.4 Å². The molecule has 0 saturated heterocycles. The maximum atomic E-state index is 5.90. The molecule has 2 aromatic rings. The van der Waals surface area contributed by atoms with Crippen LogP contribution in [0.3, 0.4) is 0 Å². The van der Waals surface area contributed by atoms with E-state index in [1.807, 2.05) is 42.8 Å². The van der Waals surface area contributed by atoms with E-state index in [1.165, 1.54) is 5.56 Å². The summed E-state index contributed by atoms with van der Waals surface area (Å²) >= 11 is 5.90. The number of halogens is 2. The smallest absolute Gasteiger partial charge is 0.191 e. The normalized spacial score (nSPS) is 12.3. The van der Waals surface area contributed by atoms with Gasteiger partial charge in [0.1, 0.15) is 11.9 Å². The summed E-state index contributed by atoms with van der Waals surface area (Å²) < 4.78 is 13.0. The Kier molecular flexibility index (Phi) is 11.4. The van der Waals surface area contributed by atoms with E-state index >= 15 is 0 Å². The second kappa shape index (κ2) is 12.9. The highest BCUT2D eigenvalue weighted by atomic mass is 127. The molecular formula is C20H31ClIN5O2. The molecule has 1 aromatic heterocycles. The van der Waals surface area contributed by atoms with E-state index in [9.17, 15) is 0 Å². The van der Waals surface area contributed by atoms with Gasteiger partial charge in [0.25, 0.3) is 0 Å². The van der Waals surface area contributed by atoms with E-state index in [0.717, 1.165) is 29.6 Å². The van der Waals surface area contributed by atoms with Gasteiger partial charge < -0.3 is 20.1 Å². The SMILES string of the molecule is CN=C(NCc1c(C)nn(CCOC)c1C)NCC(C)Oc1ccc(Cl)cc1.I. The summed E-state index contributed by atoms with van der Waals surface area (Å²) in [5, 5.41) is 11.9. The molecule has 29 heavy (non-hydrogen) atoms. The van der Waals surface area contributed by atoms with Gasteiger partial charge in [0.2, 0.25) is 0 Å². The molecule has 0 bridgehead atoms. The van der Waals surface area contributed by atoms with Gasteiger partial charge in [-0.25, -0.2) is 0 Å². The lowest BCUT2D eigenvalue weighted by Crippen LogP contribution is -2.41. The van der Waals surface area contributed by atoms with E-state index in [4.69, 9.17) is 21.1 Å². The van der Waals surface area contributed by atoms with Crippen LogP contribution in [0.25, 0.3) is 0 Å². The third kappa shape index (κ3) is 8.02. The minimum absolute atomic E-state index is 0. The molecule has 9 heteroatoms. The molecule has 1 unspecified atom stereocenters. The number of nitrogens with one attached hydrogen (secondary N) is 2. The van der Waals surface area contributed by atoms with Crippen molar-refractivity contribution in [2.75, 3.05) is 27.3 Å². The average molecular weight is 536 g/mol. The summed E-state index contributed by atoms with van der Waals surface area (Å²) in [6.45, 7) is 8.75. The topological polar surface area (TPSA) is 72.7 Å².